The van der Waals surface area contributed by atoms with E-state index in [2.05, 4.69) is 31.1 Å². The van der Waals surface area contributed by atoms with Crippen LogP contribution in [0.25, 0.3) is 0 Å². The number of hydrogen-bond donors (Lipinski definition) is 0. The first-order valence-electron chi connectivity index (χ1n) is 8.40. The predicted molar refractivity (Wildman–Crippen MR) is 98.6 cm³/mol. The summed E-state index contributed by atoms with van der Waals surface area (Å²) < 4.78 is 12.9. The van der Waals surface area contributed by atoms with Crippen molar-refractivity contribution in [1.29, 1.82) is 0 Å². The lowest BCUT2D eigenvalue weighted by Crippen LogP contribution is -2.28. The Morgan fingerprint density at radius 2 is 1.84 bits per heavy atom. The van der Waals surface area contributed by atoms with Crippen LogP contribution in [0.5, 0.6) is 0 Å². The summed E-state index contributed by atoms with van der Waals surface area (Å²) in [5.74, 6) is -0.344. The molecule has 0 fully saturated rings. The van der Waals surface area contributed by atoms with Gasteiger partial charge in [-0.25, -0.2) is 4.68 Å². The number of aromatic nitrogens is 3. The maximum atomic E-state index is 12.0. The summed E-state index contributed by atoms with van der Waals surface area (Å²) >= 11 is 0. The van der Waals surface area contributed by atoms with Gasteiger partial charge in [0.1, 0.15) is 18.8 Å². The van der Waals surface area contributed by atoms with Crippen LogP contribution in [0, 0.1) is 0 Å². The average Bonchev–Trinajstić information content (AvgIpc) is 3.01. The third kappa shape index (κ3) is 6.43. The molecule has 0 unspecified atom stereocenters. The van der Waals surface area contributed by atoms with Crippen LogP contribution in [0.4, 0.5) is 0 Å². The van der Waals surface area contributed by atoms with E-state index in [0.717, 1.165) is 11.3 Å². The minimum atomic E-state index is -0.718. The summed E-state index contributed by atoms with van der Waals surface area (Å²) in [5, 5.41) is 8.39. The molecule has 0 atom stereocenters. The van der Waals surface area contributed by atoms with Crippen molar-refractivity contribution in [2.24, 2.45) is 0 Å². The molecule has 0 aliphatic rings. The topological polar surface area (TPSA) is 66.2 Å². The van der Waals surface area contributed by atoms with Crippen molar-refractivity contribution >= 4 is 15.7 Å². The highest BCUT2D eigenvalue weighted by Crippen LogP contribution is 2.28. The van der Waals surface area contributed by atoms with Gasteiger partial charge in [0, 0.05) is 0 Å². The number of nitrogens with zero attached hydrogens (tertiary/aromatic N) is 3. The summed E-state index contributed by atoms with van der Waals surface area (Å²) in [6.45, 7) is 10.8. The van der Waals surface area contributed by atoms with Crippen molar-refractivity contribution in [3.63, 3.8) is 0 Å². The van der Waals surface area contributed by atoms with Crippen molar-refractivity contribution in [2.45, 2.75) is 58.4 Å². The largest absolute Gasteiger partial charge is 0.459 e. The molecule has 25 heavy (non-hydrogen) atoms. The third-order valence-electron chi connectivity index (χ3n) is 3.56. The molecular weight excluding hydrogens is 334 g/mol. The van der Waals surface area contributed by atoms with Gasteiger partial charge in [0.25, 0.3) is 0 Å². The lowest BCUT2D eigenvalue weighted by atomic mass is 10.1. The zero-order chi connectivity index (χ0) is 18.5. The first kappa shape index (κ1) is 19.3. The summed E-state index contributed by atoms with van der Waals surface area (Å²) in [5.41, 5.74) is 1.17. The standard InChI is InChI=1S/C18H27N3O3Si/c1-17(2,3)25-24-18(4,5)15-11-21(20-19-15)12-16(22)23-13-14-9-7-6-8-10-14/h6-11H,12-13,25H2,1-5H3. The highest BCUT2D eigenvalue weighted by atomic mass is 28.2. The van der Waals surface area contributed by atoms with Gasteiger partial charge < -0.3 is 9.16 Å². The SMILES string of the molecule is CC(C)(C)[SiH2]OC(C)(C)c1cn(CC(=O)OCc2ccccc2)nn1. The Bertz CT molecular complexity index is 693. The van der Waals surface area contributed by atoms with Gasteiger partial charge in [0.2, 0.25) is 0 Å². The van der Waals surface area contributed by atoms with Gasteiger partial charge in [-0.2, -0.15) is 0 Å². The van der Waals surface area contributed by atoms with E-state index in [1.807, 2.05) is 44.2 Å². The quantitative estimate of drug-likeness (QED) is 0.560. The molecule has 1 aromatic heterocycles. The highest BCUT2D eigenvalue weighted by molar-refractivity contribution is 6.31. The van der Waals surface area contributed by atoms with Crippen LogP contribution in [0.2, 0.25) is 5.04 Å². The van der Waals surface area contributed by atoms with Crippen LogP contribution >= 0.6 is 0 Å². The summed E-state index contributed by atoms with van der Waals surface area (Å²) in [6.07, 6.45) is 1.75. The molecule has 7 heteroatoms. The van der Waals surface area contributed by atoms with Gasteiger partial charge in [-0.1, -0.05) is 56.3 Å². The highest BCUT2D eigenvalue weighted by Gasteiger charge is 2.27. The van der Waals surface area contributed by atoms with E-state index < -0.39 is 15.4 Å². The van der Waals surface area contributed by atoms with E-state index in [1.54, 1.807) is 6.20 Å². The second-order valence-corrected chi connectivity index (χ2v) is 10.5. The monoisotopic (exact) mass is 361 g/mol. The van der Waals surface area contributed by atoms with Gasteiger partial charge in [-0.05, 0) is 24.4 Å². The van der Waals surface area contributed by atoms with Crippen molar-refractivity contribution in [3.05, 3.63) is 47.8 Å². The Kier molecular flexibility index (Phi) is 6.13. The number of rotatable bonds is 7. The molecule has 0 amide bonds. The number of benzene rings is 1. The molecule has 0 N–H and O–H groups in total. The fourth-order valence-corrected chi connectivity index (χ4v) is 2.98. The molecule has 0 bridgehead atoms. The van der Waals surface area contributed by atoms with E-state index in [-0.39, 0.29) is 24.2 Å². The van der Waals surface area contributed by atoms with Gasteiger partial charge in [-0.15, -0.1) is 5.10 Å². The normalized spacial score (nSPS) is 12.7. The lowest BCUT2D eigenvalue weighted by Gasteiger charge is -2.28. The number of esters is 1. The minimum absolute atomic E-state index is 0.0343. The molecule has 0 aliphatic carbocycles. The van der Waals surface area contributed by atoms with Gasteiger partial charge in [0.15, 0.2) is 9.76 Å². The first-order chi connectivity index (χ1) is 11.7. The summed E-state index contributed by atoms with van der Waals surface area (Å²) in [6, 6.07) is 9.58. The van der Waals surface area contributed by atoms with Crippen molar-refractivity contribution in [1.82, 2.24) is 15.0 Å². The number of hydrogen-bond acceptors (Lipinski definition) is 5. The van der Waals surface area contributed by atoms with E-state index in [1.165, 1.54) is 4.68 Å². The van der Waals surface area contributed by atoms with Crippen LogP contribution < -0.4 is 0 Å². The fourth-order valence-electron chi connectivity index (χ4n) is 2.04. The Balaban J connectivity index is 1.88. The number of carbonyl (C=O) groups is 1. The van der Waals surface area contributed by atoms with E-state index in [0.29, 0.717) is 0 Å². The molecule has 6 nitrogen and oxygen atoms in total. The molecule has 0 radical (unpaired) electrons. The number of ether oxygens (including phenoxy) is 1. The fraction of sp³-hybridized carbons (Fsp3) is 0.500. The van der Waals surface area contributed by atoms with Crippen LogP contribution in [0.1, 0.15) is 45.9 Å². The second kappa shape index (κ2) is 7.92. The maximum absolute atomic E-state index is 12.0. The third-order valence-corrected chi connectivity index (χ3v) is 5.29. The smallest absolute Gasteiger partial charge is 0.328 e. The van der Waals surface area contributed by atoms with Crippen molar-refractivity contribution in [2.75, 3.05) is 0 Å². The molecule has 0 saturated heterocycles. The van der Waals surface area contributed by atoms with Crippen LogP contribution in [0.15, 0.2) is 36.5 Å². The zero-order valence-corrected chi connectivity index (χ0v) is 17.1. The van der Waals surface area contributed by atoms with Crippen LogP contribution in [-0.2, 0) is 32.7 Å². The first-order valence-corrected chi connectivity index (χ1v) is 9.68. The molecule has 1 aromatic carbocycles. The van der Waals surface area contributed by atoms with E-state index in [4.69, 9.17) is 9.16 Å². The van der Waals surface area contributed by atoms with Gasteiger partial charge >= 0.3 is 5.97 Å². The summed E-state index contributed by atoms with van der Waals surface area (Å²) in [4.78, 5) is 12.0. The van der Waals surface area contributed by atoms with Gasteiger partial charge in [-0.3, -0.25) is 4.79 Å². The Hall–Kier alpha value is -1.99. The predicted octanol–water partition coefficient (Wildman–Crippen LogP) is 2.58. The number of carbonyl (C=O) groups excluding carboxylic acids is 1. The van der Waals surface area contributed by atoms with E-state index in [9.17, 15) is 4.79 Å². The van der Waals surface area contributed by atoms with Crippen LogP contribution in [0.3, 0.4) is 0 Å². The van der Waals surface area contributed by atoms with Crippen molar-refractivity contribution < 1.29 is 14.0 Å². The lowest BCUT2D eigenvalue weighted by molar-refractivity contribution is -0.145. The maximum Gasteiger partial charge on any atom is 0.328 e. The molecule has 2 rings (SSSR count). The van der Waals surface area contributed by atoms with Gasteiger partial charge in [0.05, 0.1) is 11.8 Å². The molecule has 0 saturated carbocycles. The molecule has 0 spiro atoms. The molecule has 0 aliphatic heterocycles. The average molecular weight is 362 g/mol. The molecule has 136 valence electrons. The zero-order valence-electron chi connectivity index (χ0n) is 15.7. The Morgan fingerprint density at radius 1 is 1.16 bits per heavy atom. The Morgan fingerprint density at radius 3 is 2.48 bits per heavy atom. The molecule has 1 heterocycles. The van der Waals surface area contributed by atoms with Crippen molar-refractivity contribution in [3.8, 4) is 0 Å². The molecule has 2 aromatic rings. The van der Waals surface area contributed by atoms with Crippen LogP contribution in [-0.4, -0.2) is 30.7 Å². The minimum Gasteiger partial charge on any atom is -0.459 e. The van der Waals surface area contributed by atoms with E-state index >= 15 is 0 Å². The summed E-state index contributed by atoms with van der Waals surface area (Å²) in [7, 11) is -0.718. The Labute approximate surface area is 151 Å². The second-order valence-electron chi connectivity index (χ2n) is 7.81. The molecular formula is C18H27N3O3Si.